The van der Waals surface area contributed by atoms with Gasteiger partial charge >= 0.3 is 51.4 Å². The molecule has 0 bridgehead atoms. The number of fused-ring (bicyclic) bond motifs is 1. The first-order valence-corrected chi connectivity index (χ1v) is 11.4. The maximum Gasteiger partial charge on any atom is 1.00 e. The smallest absolute Gasteiger partial charge is 0.226 e. The van der Waals surface area contributed by atoms with Crippen LogP contribution in [0.3, 0.4) is 0 Å². The van der Waals surface area contributed by atoms with Crippen LogP contribution in [0.25, 0.3) is 0 Å². The van der Waals surface area contributed by atoms with Crippen molar-refractivity contribution in [1.29, 1.82) is 0 Å². The zero-order valence-electron chi connectivity index (χ0n) is 17.0. The summed E-state index contributed by atoms with van der Waals surface area (Å²) < 4.78 is 26.7. The van der Waals surface area contributed by atoms with Crippen LogP contribution in [0.5, 0.6) is 0 Å². The predicted molar refractivity (Wildman–Crippen MR) is 107 cm³/mol. The maximum atomic E-state index is 13.3. The molecular formula is C23H29KO2S. The average Bonchev–Trinajstić information content (AvgIpc) is 2.73. The number of sulfone groups is 1. The molecule has 1 aliphatic heterocycles. The van der Waals surface area contributed by atoms with Gasteiger partial charge in [0.2, 0.25) is 0 Å². The monoisotopic (exact) mass is 408 g/mol. The Bertz CT molecular complexity index is 848. The van der Waals surface area contributed by atoms with Gasteiger partial charge in [0.05, 0.1) is 5.75 Å². The molecule has 140 valence electrons. The number of benzene rings is 2. The molecule has 4 heteroatoms. The summed E-state index contributed by atoms with van der Waals surface area (Å²) in [5.74, 6) is 0.573. The first kappa shape index (κ1) is 23.3. The molecule has 0 unspecified atom stereocenters. The van der Waals surface area contributed by atoms with Gasteiger partial charge in [0, 0.05) is 0 Å². The summed E-state index contributed by atoms with van der Waals surface area (Å²) >= 11 is 0. The van der Waals surface area contributed by atoms with Gasteiger partial charge in [-0.3, -0.25) is 0 Å². The van der Waals surface area contributed by atoms with E-state index >= 15 is 0 Å². The van der Waals surface area contributed by atoms with Crippen molar-refractivity contribution >= 4 is 9.84 Å². The van der Waals surface area contributed by atoms with Gasteiger partial charge in [-0.2, -0.15) is 24.3 Å². The van der Waals surface area contributed by atoms with E-state index in [1.807, 2.05) is 24.3 Å². The van der Waals surface area contributed by atoms with Gasteiger partial charge in [-0.25, -0.2) is 8.42 Å². The van der Waals surface area contributed by atoms with Crippen LogP contribution in [0.1, 0.15) is 63.5 Å². The normalized spacial score (nSPS) is 26.5. The van der Waals surface area contributed by atoms with Crippen LogP contribution in [-0.2, 0) is 9.84 Å². The van der Waals surface area contributed by atoms with Gasteiger partial charge in [0.15, 0.2) is 9.84 Å². The predicted octanol–water partition coefficient (Wildman–Crippen LogP) is 2.63. The van der Waals surface area contributed by atoms with E-state index in [2.05, 4.69) is 39.0 Å². The van der Waals surface area contributed by atoms with Crippen molar-refractivity contribution in [1.82, 2.24) is 0 Å². The molecule has 3 atom stereocenters. The van der Waals surface area contributed by atoms with Crippen molar-refractivity contribution in [2.24, 2.45) is 11.3 Å². The number of rotatable bonds is 5. The van der Waals surface area contributed by atoms with Crippen molar-refractivity contribution in [3.05, 3.63) is 65.7 Å². The molecule has 2 aromatic rings. The van der Waals surface area contributed by atoms with Crippen molar-refractivity contribution in [2.75, 3.05) is 5.75 Å². The molecule has 2 nitrogen and oxygen atoms in total. The molecule has 27 heavy (non-hydrogen) atoms. The molecule has 0 amide bonds. The van der Waals surface area contributed by atoms with Crippen LogP contribution in [0, 0.1) is 17.4 Å². The third-order valence-electron chi connectivity index (χ3n) is 6.36. The third-order valence-corrected chi connectivity index (χ3v) is 8.36. The number of hydrogen-bond acceptors (Lipinski definition) is 2. The van der Waals surface area contributed by atoms with Crippen molar-refractivity contribution in [3.63, 3.8) is 0 Å². The quantitative estimate of drug-likeness (QED) is 0.563. The standard InChI is InChI=1S/C23H29O2S.K/c1-4-6-16-23(5-2)17-26(24,25)21-15-11-10-14-20(21)22(18(23)3)19-12-8-7-9-13-19;/h7-9,11-15,18,22H,4-6,16-17H2,1-3H3;/q-1;+1/t18-,22-,23-;/m1./s1. The summed E-state index contributed by atoms with van der Waals surface area (Å²) in [6.07, 6.45) is 4.00. The van der Waals surface area contributed by atoms with Crippen molar-refractivity contribution in [3.8, 4) is 0 Å². The molecule has 0 spiro atoms. The molecule has 0 radical (unpaired) electrons. The van der Waals surface area contributed by atoms with E-state index in [-0.39, 0.29) is 74.4 Å². The minimum atomic E-state index is -3.32. The number of hydrogen-bond donors (Lipinski definition) is 0. The Balaban J connectivity index is 0.00000261. The van der Waals surface area contributed by atoms with Crippen LogP contribution >= 0.6 is 0 Å². The molecular weight excluding hydrogens is 379 g/mol. The van der Waals surface area contributed by atoms with Gasteiger partial charge in [-0.1, -0.05) is 69.5 Å². The van der Waals surface area contributed by atoms with Crippen LogP contribution in [0.4, 0.5) is 0 Å². The Morgan fingerprint density at radius 2 is 1.85 bits per heavy atom. The summed E-state index contributed by atoms with van der Waals surface area (Å²) in [7, 11) is -3.32. The van der Waals surface area contributed by atoms with Gasteiger partial charge in [0.1, 0.15) is 0 Å². The SMILES string of the molecule is CCCC[C@]1(CC)CS(=O)(=O)c2cc[c-]cc2[C@@H](c2ccccc2)[C@H]1C.[K+]. The third kappa shape index (κ3) is 4.62. The van der Waals surface area contributed by atoms with Crippen LogP contribution in [0.2, 0.25) is 0 Å². The maximum absolute atomic E-state index is 13.3. The van der Waals surface area contributed by atoms with Crippen molar-refractivity contribution < 1.29 is 59.8 Å². The Labute approximate surface area is 207 Å². The Kier molecular flexibility index (Phi) is 8.36. The van der Waals surface area contributed by atoms with E-state index in [1.54, 1.807) is 12.1 Å². The molecule has 0 aliphatic carbocycles. The zero-order chi connectivity index (χ0) is 18.8. The number of unbranched alkanes of at least 4 members (excludes halogenated alkanes) is 1. The largest absolute Gasteiger partial charge is 1.00 e. The second-order valence-corrected chi connectivity index (χ2v) is 9.68. The minimum Gasteiger partial charge on any atom is -0.226 e. The second-order valence-electron chi connectivity index (χ2n) is 7.72. The molecule has 1 aliphatic rings. The summed E-state index contributed by atoms with van der Waals surface area (Å²) in [4.78, 5) is 0.503. The van der Waals surface area contributed by atoms with E-state index in [4.69, 9.17) is 0 Å². The summed E-state index contributed by atoms with van der Waals surface area (Å²) in [6.45, 7) is 6.60. The molecule has 1 heterocycles. The molecule has 0 fully saturated rings. The van der Waals surface area contributed by atoms with E-state index < -0.39 is 9.84 Å². The Hall–Kier alpha value is 0.0264. The summed E-state index contributed by atoms with van der Waals surface area (Å²) in [5, 5.41) is 0. The zero-order valence-corrected chi connectivity index (χ0v) is 21.0. The van der Waals surface area contributed by atoms with Crippen molar-refractivity contribution in [2.45, 2.75) is 57.3 Å². The van der Waals surface area contributed by atoms with Gasteiger partial charge in [0.25, 0.3) is 0 Å². The molecule has 0 N–H and O–H groups in total. The van der Waals surface area contributed by atoms with Crippen LogP contribution in [0.15, 0.2) is 53.4 Å². The molecule has 3 rings (SSSR count). The first-order valence-electron chi connectivity index (χ1n) is 9.73. The average molecular weight is 409 g/mol. The van der Waals surface area contributed by atoms with E-state index in [1.165, 1.54) is 5.56 Å². The van der Waals surface area contributed by atoms with Gasteiger partial charge in [-0.15, -0.1) is 5.56 Å². The molecule has 0 aromatic heterocycles. The molecule has 0 saturated carbocycles. The summed E-state index contributed by atoms with van der Waals surface area (Å²) in [5.41, 5.74) is 1.92. The molecule has 0 saturated heterocycles. The first-order chi connectivity index (χ1) is 12.4. The second kappa shape index (κ2) is 9.68. The van der Waals surface area contributed by atoms with Gasteiger partial charge < -0.3 is 0 Å². The Morgan fingerprint density at radius 3 is 2.48 bits per heavy atom. The molecule has 2 aromatic carbocycles. The topological polar surface area (TPSA) is 34.1 Å². The minimum absolute atomic E-state index is 0. The van der Waals surface area contributed by atoms with E-state index in [9.17, 15) is 8.42 Å². The van der Waals surface area contributed by atoms with Crippen LogP contribution < -0.4 is 51.4 Å². The van der Waals surface area contributed by atoms with Gasteiger partial charge in [-0.05, 0) is 35.0 Å². The Morgan fingerprint density at radius 1 is 1.15 bits per heavy atom. The fourth-order valence-corrected chi connectivity index (χ4v) is 7.07. The van der Waals surface area contributed by atoms with Crippen LogP contribution in [-0.4, -0.2) is 14.2 Å². The van der Waals surface area contributed by atoms with E-state index in [0.717, 1.165) is 31.2 Å². The fraction of sp³-hybridized carbons (Fsp3) is 0.478. The van der Waals surface area contributed by atoms with E-state index in [0.29, 0.717) is 4.90 Å². The summed E-state index contributed by atoms with van der Waals surface area (Å²) in [6, 6.07) is 18.9. The fourth-order valence-electron chi connectivity index (χ4n) is 4.72.